The number of hydrogen-bond donors (Lipinski definition) is 2. The van der Waals surface area contributed by atoms with Gasteiger partial charge >= 0.3 is 0 Å². The van der Waals surface area contributed by atoms with Gasteiger partial charge in [-0.25, -0.2) is 4.99 Å². The zero-order valence-electron chi connectivity index (χ0n) is 13.7. The molecule has 0 aliphatic heterocycles. The predicted octanol–water partition coefficient (Wildman–Crippen LogP) is 1.84. The SMILES string of the molecule is C#CCNC(=NCC(=O)N(CC)Cc1ccccc1)NCC.I. The Balaban J connectivity index is 0.00000484. The van der Waals surface area contributed by atoms with Crippen LogP contribution in [0.15, 0.2) is 35.3 Å². The van der Waals surface area contributed by atoms with E-state index >= 15 is 0 Å². The number of benzene rings is 1. The Morgan fingerprint density at radius 2 is 1.96 bits per heavy atom. The van der Waals surface area contributed by atoms with Crippen LogP contribution in [0.3, 0.4) is 0 Å². The molecule has 0 fully saturated rings. The lowest BCUT2D eigenvalue weighted by atomic mass is 10.2. The van der Waals surface area contributed by atoms with Crippen molar-refractivity contribution < 1.29 is 4.79 Å². The molecule has 0 saturated carbocycles. The van der Waals surface area contributed by atoms with Gasteiger partial charge in [-0.3, -0.25) is 4.79 Å². The minimum Gasteiger partial charge on any atom is -0.357 e. The first-order valence-corrected chi connectivity index (χ1v) is 7.48. The molecule has 0 aliphatic rings. The van der Waals surface area contributed by atoms with Gasteiger partial charge in [-0.05, 0) is 19.4 Å². The highest BCUT2D eigenvalue weighted by atomic mass is 127. The molecule has 0 spiro atoms. The van der Waals surface area contributed by atoms with Crippen molar-refractivity contribution in [1.29, 1.82) is 0 Å². The third-order valence-electron chi connectivity index (χ3n) is 3.03. The van der Waals surface area contributed by atoms with Gasteiger partial charge in [0.2, 0.25) is 5.91 Å². The fourth-order valence-electron chi connectivity index (χ4n) is 1.90. The van der Waals surface area contributed by atoms with Crippen LogP contribution in [0.25, 0.3) is 0 Å². The number of nitrogens with zero attached hydrogens (tertiary/aromatic N) is 2. The van der Waals surface area contributed by atoms with Gasteiger partial charge in [0, 0.05) is 19.6 Å². The summed E-state index contributed by atoms with van der Waals surface area (Å²) in [6, 6.07) is 9.93. The summed E-state index contributed by atoms with van der Waals surface area (Å²) in [7, 11) is 0. The summed E-state index contributed by atoms with van der Waals surface area (Å²) in [4.78, 5) is 18.3. The molecule has 0 saturated heterocycles. The first-order valence-electron chi connectivity index (χ1n) is 7.48. The van der Waals surface area contributed by atoms with Gasteiger partial charge in [0.05, 0.1) is 6.54 Å². The van der Waals surface area contributed by atoms with Gasteiger partial charge in [0.1, 0.15) is 6.54 Å². The quantitative estimate of drug-likeness (QED) is 0.302. The molecular formula is C17H25IN4O. The van der Waals surface area contributed by atoms with E-state index in [4.69, 9.17) is 6.42 Å². The van der Waals surface area contributed by atoms with Gasteiger partial charge < -0.3 is 15.5 Å². The van der Waals surface area contributed by atoms with E-state index in [9.17, 15) is 4.79 Å². The van der Waals surface area contributed by atoms with Gasteiger partial charge in [-0.1, -0.05) is 36.3 Å². The summed E-state index contributed by atoms with van der Waals surface area (Å²) in [5.74, 6) is 3.03. The Bertz CT molecular complexity index is 525. The number of terminal acetylenes is 1. The number of likely N-dealkylation sites (N-methyl/N-ethyl adjacent to an activating group) is 1. The van der Waals surface area contributed by atoms with Gasteiger partial charge in [-0.2, -0.15) is 0 Å². The smallest absolute Gasteiger partial charge is 0.244 e. The normalized spacial score (nSPS) is 10.2. The van der Waals surface area contributed by atoms with E-state index < -0.39 is 0 Å². The van der Waals surface area contributed by atoms with Crippen molar-refractivity contribution in [2.45, 2.75) is 20.4 Å². The molecule has 1 aromatic rings. The highest BCUT2D eigenvalue weighted by Gasteiger charge is 2.11. The van der Waals surface area contributed by atoms with Crippen molar-refractivity contribution in [3.8, 4) is 12.3 Å². The van der Waals surface area contributed by atoms with Crippen LogP contribution in [-0.2, 0) is 11.3 Å². The fraction of sp³-hybridized carbons (Fsp3) is 0.412. The number of halogens is 1. The number of hydrogen-bond acceptors (Lipinski definition) is 2. The van der Waals surface area contributed by atoms with E-state index in [1.54, 1.807) is 4.90 Å². The highest BCUT2D eigenvalue weighted by Crippen LogP contribution is 2.04. The van der Waals surface area contributed by atoms with E-state index in [-0.39, 0.29) is 36.4 Å². The van der Waals surface area contributed by atoms with E-state index in [0.29, 0.717) is 32.1 Å². The molecule has 1 rings (SSSR count). The molecule has 5 nitrogen and oxygen atoms in total. The Morgan fingerprint density at radius 1 is 1.26 bits per heavy atom. The summed E-state index contributed by atoms with van der Waals surface area (Å²) in [6.07, 6.45) is 5.21. The van der Waals surface area contributed by atoms with Crippen molar-refractivity contribution >= 4 is 35.8 Å². The number of amides is 1. The van der Waals surface area contributed by atoms with E-state index in [0.717, 1.165) is 5.56 Å². The maximum atomic E-state index is 12.3. The standard InChI is InChI=1S/C17H24N4O.HI/c1-4-12-19-17(18-5-2)20-13-16(22)21(6-3)14-15-10-8-7-9-11-15;/h1,7-11H,5-6,12-14H2,2-3H3,(H2,18,19,20);1H. The average molecular weight is 428 g/mol. The van der Waals surface area contributed by atoms with Crippen LogP contribution in [0.5, 0.6) is 0 Å². The summed E-state index contributed by atoms with van der Waals surface area (Å²) in [5.41, 5.74) is 1.11. The van der Waals surface area contributed by atoms with Crippen LogP contribution in [0.4, 0.5) is 0 Å². The summed E-state index contributed by atoms with van der Waals surface area (Å²) < 4.78 is 0. The molecule has 0 unspecified atom stereocenters. The molecule has 0 bridgehead atoms. The van der Waals surface area contributed by atoms with Crippen molar-refractivity contribution in [3.63, 3.8) is 0 Å². The predicted molar refractivity (Wildman–Crippen MR) is 106 cm³/mol. The van der Waals surface area contributed by atoms with E-state index in [2.05, 4.69) is 21.5 Å². The Labute approximate surface area is 156 Å². The highest BCUT2D eigenvalue weighted by molar-refractivity contribution is 14.0. The Kier molecular flexibility index (Phi) is 11.8. The molecule has 1 aromatic carbocycles. The monoisotopic (exact) mass is 428 g/mol. The number of aliphatic imine (C=N–C) groups is 1. The third-order valence-corrected chi connectivity index (χ3v) is 3.03. The maximum absolute atomic E-state index is 12.3. The van der Waals surface area contributed by atoms with Crippen LogP contribution in [-0.4, -0.2) is 42.9 Å². The number of nitrogens with one attached hydrogen (secondary N) is 2. The first-order chi connectivity index (χ1) is 10.7. The minimum atomic E-state index is -0.00994. The zero-order chi connectivity index (χ0) is 16.2. The molecular weight excluding hydrogens is 403 g/mol. The molecule has 0 aromatic heterocycles. The molecule has 23 heavy (non-hydrogen) atoms. The summed E-state index contributed by atoms with van der Waals surface area (Å²) in [5, 5.41) is 6.02. The lowest BCUT2D eigenvalue weighted by molar-refractivity contribution is -0.130. The van der Waals surface area contributed by atoms with Crippen LogP contribution < -0.4 is 10.6 Å². The van der Waals surface area contributed by atoms with Crippen LogP contribution in [0.2, 0.25) is 0 Å². The first kappa shape index (κ1) is 21.2. The molecule has 126 valence electrons. The van der Waals surface area contributed by atoms with Crippen molar-refractivity contribution in [2.24, 2.45) is 4.99 Å². The Morgan fingerprint density at radius 3 is 2.52 bits per heavy atom. The van der Waals surface area contributed by atoms with Crippen LogP contribution in [0, 0.1) is 12.3 Å². The maximum Gasteiger partial charge on any atom is 0.244 e. The molecule has 0 radical (unpaired) electrons. The van der Waals surface area contributed by atoms with Crippen molar-refractivity contribution in [3.05, 3.63) is 35.9 Å². The van der Waals surface area contributed by atoms with Crippen LogP contribution in [0.1, 0.15) is 19.4 Å². The lowest BCUT2D eigenvalue weighted by Gasteiger charge is -2.20. The van der Waals surface area contributed by atoms with Gasteiger partial charge in [-0.15, -0.1) is 30.4 Å². The minimum absolute atomic E-state index is 0. The molecule has 0 atom stereocenters. The number of carbonyl (C=O) groups excluding carboxylic acids is 1. The zero-order valence-corrected chi connectivity index (χ0v) is 16.0. The summed E-state index contributed by atoms with van der Waals surface area (Å²) >= 11 is 0. The lowest BCUT2D eigenvalue weighted by Crippen LogP contribution is -2.39. The largest absolute Gasteiger partial charge is 0.357 e. The van der Waals surface area contributed by atoms with Crippen LogP contribution >= 0.6 is 24.0 Å². The van der Waals surface area contributed by atoms with Crippen molar-refractivity contribution in [1.82, 2.24) is 15.5 Å². The molecule has 6 heteroatoms. The number of guanidine groups is 1. The topological polar surface area (TPSA) is 56.7 Å². The number of carbonyl (C=O) groups is 1. The van der Waals surface area contributed by atoms with Gasteiger partial charge in [0.15, 0.2) is 5.96 Å². The average Bonchev–Trinajstić information content (AvgIpc) is 2.55. The van der Waals surface area contributed by atoms with E-state index in [1.165, 1.54) is 0 Å². The number of rotatable bonds is 7. The second kappa shape index (κ2) is 12.8. The molecule has 1 amide bonds. The van der Waals surface area contributed by atoms with Gasteiger partial charge in [0.25, 0.3) is 0 Å². The fourth-order valence-corrected chi connectivity index (χ4v) is 1.90. The second-order valence-electron chi connectivity index (χ2n) is 4.65. The Hall–Kier alpha value is -1.75. The summed E-state index contributed by atoms with van der Waals surface area (Å²) in [6.45, 7) is 6.36. The van der Waals surface area contributed by atoms with Crippen molar-refractivity contribution in [2.75, 3.05) is 26.2 Å². The molecule has 0 aliphatic carbocycles. The van der Waals surface area contributed by atoms with E-state index in [1.807, 2.05) is 44.2 Å². The molecule has 2 N–H and O–H groups in total. The third kappa shape index (κ3) is 8.45. The second-order valence-corrected chi connectivity index (χ2v) is 4.65. The molecule has 0 heterocycles.